The van der Waals surface area contributed by atoms with E-state index in [4.69, 9.17) is 0 Å². The number of carbonyl (C=O) groups is 1. The van der Waals surface area contributed by atoms with Crippen molar-refractivity contribution in [3.8, 4) is 0 Å². The first-order chi connectivity index (χ1) is 9.28. The van der Waals surface area contributed by atoms with Crippen molar-refractivity contribution in [2.24, 2.45) is 10.8 Å². The van der Waals surface area contributed by atoms with Gasteiger partial charge in [0.15, 0.2) is 0 Å². The number of hydrogen-bond acceptors (Lipinski definition) is 2. The Morgan fingerprint density at radius 2 is 1.95 bits per heavy atom. The van der Waals surface area contributed by atoms with Crippen LogP contribution in [0, 0.1) is 17.8 Å². The average Bonchev–Trinajstić information content (AvgIpc) is 2.72. The fourth-order valence-electron chi connectivity index (χ4n) is 3.23. The lowest BCUT2D eigenvalue weighted by Gasteiger charge is -2.40. The molecule has 0 amide bonds. The fourth-order valence-corrected chi connectivity index (χ4v) is 3.23. The van der Waals surface area contributed by atoms with Crippen molar-refractivity contribution in [3.63, 3.8) is 0 Å². The number of carboxylic acid groups (broad SMARTS) is 1. The maximum atomic E-state index is 11.9. The Morgan fingerprint density at radius 3 is 2.45 bits per heavy atom. The molecule has 20 heavy (non-hydrogen) atoms. The third-order valence-corrected chi connectivity index (χ3v) is 4.82. The van der Waals surface area contributed by atoms with Gasteiger partial charge in [0, 0.05) is 18.7 Å². The first-order valence-electron chi connectivity index (χ1n) is 7.55. The monoisotopic (exact) mass is 278 g/mol. The summed E-state index contributed by atoms with van der Waals surface area (Å²) in [5.74, 6) is -0.644. The molecule has 1 aromatic heterocycles. The standard InChI is InChI=1S/C16H26N2O2/c1-5-18-13(10-12(2)17-18)11-16(14(19)20)8-6-15(3,4)7-9-16/h10H,5-9,11H2,1-4H3,(H,19,20). The van der Waals surface area contributed by atoms with Gasteiger partial charge in [-0.05, 0) is 51.0 Å². The number of hydrogen-bond donors (Lipinski definition) is 1. The third kappa shape index (κ3) is 2.89. The Hall–Kier alpha value is -1.32. The molecule has 0 bridgehead atoms. The van der Waals surface area contributed by atoms with Crippen molar-refractivity contribution in [2.75, 3.05) is 0 Å². The maximum absolute atomic E-state index is 11.9. The summed E-state index contributed by atoms with van der Waals surface area (Å²) in [5.41, 5.74) is 1.71. The second kappa shape index (κ2) is 5.23. The molecule has 1 aliphatic carbocycles. The smallest absolute Gasteiger partial charge is 0.310 e. The lowest BCUT2D eigenvalue weighted by molar-refractivity contribution is -0.152. The summed E-state index contributed by atoms with van der Waals surface area (Å²) in [6.45, 7) is 9.28. The van der Waals surface area contributed by atoms with Crippen LogP contribution in [0.15, 0.2) is 6.07 Å². The second-order valence-corrected chi connectivity index (χ2v) is 7.02. The van der Waals surface area contributed by atoms with Crippen molar-refractivity contribution in [1.82, 2.24) is 9.78 Å². The summed E-state index contributed by atoms with van der Waals surface area (Å²) >= 11 is 0. The van der Waals surface area contributed by atoms with Crippen molar-refractivity contribution >= 4 is 5.97 Å². The predicted octanol–water partition coefficient (Wildman–Crippen LogP) is 3.43. The summed E-state index contributed by atoms with van der Waals surface area (Å²) < 4.78 is 1.94. The fraction of sp³-hybridized carbons (Fsp3) is 0.750. The molecule has 0 aromatic carbocycles. The zero-order valence-corrected chi connectivity index (χ0v) is 13.1. The van der Waals surface area contributed by atoms with Crippen LogP contribution in [-0.4, -0.2) is 20.9 Å². The van der Waals surface area contributed by atoms with E-state index in [0.717, 1.165) is 43.6 Å². The maximum Gasteiger partial charge on any atom is 0.310 e. The van der Waals surface area contributed by atoms with Gasteiger partial charge in [0.05, 0.1) is 11.1 Å². The molecule has 4 heteroatoms. The van der Waals surface area contributed by atoms with E-state index in [-0.39, 0.29) is 5.41 Å². The molecule has 2 rings (SSSR count). The van der Waals surface area contributed by atoms with E-state index in [1.165, 1.54) is 0 Å². The number of aromatic nitrogens is 2. The van der Waals surface area contributed by atoms with Crippen LogP contribution in [0.5, 0.6) is 0 Å². The van der Waals surface area contributed by atoms with E-state index in [0.29, 0.717) is 6.42 Å². The van der Waals surface area contributed by atoms with E-state index in [2.05, 4.69) is 18.9 Å². The third-order valence-electron chi connectivity index (χ3n) is 4.82. The van der Waals surface area contributed by atoms with Crippen LogP contribution in [0.1, 0.15) is 57.8 Å². The number of nitrogens with zero attached hydrogens (tertiary/aromatic N) is 2. The first kappa shape index (κ1) is 15.1. The van der Waals surface area contributed by atoms with Gasteiger partial charge in [0.2, 0.25) is 0 Å². The Balaban J connectivity index is 2.24. The normalized spacial score (nSPS) is 20.8. The van der Waals surface area contributed by atoms with Gasteiger partial charge < -0.3 is 5.11 Å². The lowest BCUT2D eigenvalue weighted by atomic mass is 9.63. The molecule has 0 unspecified atom stereocenters. The van der Waals surface area contributed by atoms with Gasteiger partial charge in [0.1, 0.15) is 0 Å². The molecule has 112 valence electrons. The van der Waals surface area contributed by atoms with Gasteiger partial charge in [-0.3, -0.25) is 9.48 Å². The topological polar surface area (TPSA) is 55.1 Å². The van der Waals surface area contributed by atoms with Gasteiger partial charge in [-0.2, -0.15) is 5.10 Å². The minimum absolute atomic E-state index is 0.278. The van der Waals surface area contributed by atoms with E-state index < -0.39 is 11.4 Å². The van der Waals surface area contributed by atoms with E-state index in [1.54, 1.807) is 0 Å². The molecular weight excluding hydrogens is 252 g/mol. The summed E-state index contributed by atoms with van der Waals surface area (Å²) in [7, 11) is 0. The Morgan fingerprint density at radius 1 is 1.35 bits per heavy atom. The molecule has 1 heterocycles. The summed E-state index contributed by atoms with van der Waals surface area (Å²) in [5, 5.41) is 14.2. The average molecular weight is 278 g/mol. The van der Waals surface area contributed by atoms with Crippen molar-refractivity contribution < 1.29 is 9.90 Å². The van der Waals surface area contributed by atoms with Crippen LogP contribution in [0.4, 0.5) is 0 Å². The zero-order chi connectivity index (χ0) is 15.0. The molecule has 0 atom stereocenters. The summed E-state index contributed by atoms with van der Waals surface area (Å²) in [6.07, 6.45) is 4.11. The summed E-state index contributed by atoms with van der Waals surface area (Å²) in [4.78, 5) is 11.9. The molecule has 1 aromatic rings. The van der Waals surface area contributed by atoms with Crippen molar-refractivity contribution in [2.45, 2.75) is 66.3 Å². The van der Waals surface area contributed by atoms with Crippen molar-refractivity contribution in [3.05, 3.63) is 17.5 Å². The zero-order valence-electron chi connectivity index (χ0n) is 13.1. The van der Waals surface area contributed by atoms with Gasteiger partial charge in [-0.1, -0.05) is 13.8 Å². The molecule has 0 aliphatic heterocycles. The van der Waals surface area contributed by atoms with Crippen LogP contribution < -0.4 is 0 Å². The number of rotatable bonds is 4. The SMILES string of the molecule is CCn1nc(C)cc1CC1(C(=O)O)CCC(C)(C)CC1. The molecular formula is C16H26N2O2. The quantitative estimate of drug-likeness (QED) is 0.918. The molecule has 1 saturated carbocycles. The number of carboxylic acids is 1. The highest BCUT2D eigenvalue weighted by Crippen LogP contribution is 2.47. The minimum Gasteiger partial charge on any atom is -0.481 e. The van der Waals surface area contributed by atoms with Gasteiger partial charge in [0.25, 0.3) is 0 Å². The van der Waals surface area contributed by atoms with Crippen molar-refractivity contribution in [1.29, 1.82) is 0 Å². The molecule has 1 N–H and O–H groups in total. The van der Waals surface area contributed by atoms with E-state index >= 15 is 0 Å². The Labute approximate surface area is 121 Å². The highest BCUT2D eigenvalue weighted by Gasteiger charge is 2.44. The molecule has 0 spiro atoms. The minimum atomic E-state index is -0.644. The highest BCUT2D eigenvalue weighted by atomic mass is 16.4. The van der Waals surface area contributed by atoms with Crippen LogP contribution in [0.25, 0.3) is 0 Å². The Kier molecular flexibility index (Phi) is 3.94. The molecule has 1 aliphatic rings. The Bertz CT molecular complexity index is 493. The summed E-state index contributed by atoms with van der Waals surface area (Å²) in [6, 6.07) is 2.04. The largest absolute Gasteiger partial charge is 0.481 e. The van der Waals surface area contributed by atoms with Gasteiger partial charge in [-0.25, -0.2) is 0 Å². The first-order valence-corrected chi connectivity index (χ1v) is 7.55. The number of aliphatic carboxylic acids is 1. The van der Waals surface area contributed by atoms with Crippen LogP contribution >= 0.6 is 0 Å². The van der Waals surface area contributed by atoms with Crippen LogP contribution in [0.3, 0.4) is 0 Å². The lowest BCUT2D eigenvalue weighted by Crippen LogP contribution is -2.40. The molecule has 4 nitrogen and oxygen atoms in total. The van der Waals surface area contributed by atoms with E-state index in [1.807, 2.05) is 24.6 Å². The second-order valence-electron chi connectivity index (χ2n) is 7.02. The predicted molar refractivity (Wildman–Crippen MR) is 78.7 cm³/mol. The van der Waals surface area contributed by atoms with Gasteiger partial charge >= 0.3 is 5.97 Å². The number of aryl methyl sites for hydroxylation is 2. The van der Waals surface area contributed by atoms with Crippen LogP contribution in [-0.2, 0) is 17.8 Å². The highest BCUT2D eigenvalue weighted by molar-refractivity contribution is 5.75. The van der Waals surface area contributed by atoms with Gasteiger partial charge in [-0.15, -0.1) is 0 Å². The van der Waals surface area contributed by atoms with Crippen LogP contribution in [0.2, 0.25) is 0 Å². The molecule has 0 saturated heterocycles. The van der Waals surface area contributed by atoms with E-state index in [9.17, 15) is 9.90 Å². The molecule has 0 radical (unpaired) electrons. The molecule has 1 fully saturated rings.